The van der Waals surface area contributed by atoms with Gasteiger partial charge in [-0.2, -0.15) is 0 Å². The first-order valence-electron chi connectivity index (χ1n) is 13.4. The number of hydrogen-bond donors (Lipinski definition) is 2. The van der Waals surface area contributed by atoms with E-state index >= 15 is 0 Å². The van der Waals surface area contributed by atoms with Crippen LogP contribution in [0.4, 0.5) is 11.4 Å². The molecule has 2 aliphatic heterocycles. The van der Waals surface area contributed by atoms with E-state index in [9.17, 15) is 9.90 Å². The number of aromatic carboxylic acids is 1. The van der Waals surface area contributed by atoms with Crippen molar-refractivity contribution < 1.29 is 14.6 Å². The Kier molecular flexibility index (Phi) is 7.00. The van der Waals surface area contributed by atoms with Crippen molar-refractivity contribution in [2.24, 2.45) is 0 Å². The first-order valence-corrected chi connectivity index (χ1v) is 13.8. The summed E-state index contributed by atoms with van der Waals surface area (Å²) >= 11 is 5.94. The van der Waals surface area contributed by atoms with E-state index in [0.29, 0.717) is 5.11 Å². The second-order valence-corrected chi connectivity index (χ2v) is 10.5. The van der Waals surface area contributed by atoms with Crippen LogP contribution in [-0.2, 0) is 4.74 Å². The summed E-state index contributed by atoms with van der Waals surface area (Å²) in [5, 5.41) is 13.8. The fourth-order valence-electron chi connectivity index (χ4n) is 5.86. The summed E-state index contributed by atoms with van der Waals surface area (Å²) in [5.41, 5.74) is 7.25. The predicted octanol–water partition coefficient (Wildman–Crippen LogP) is 5.20. The number of hydrogen-bond acceptors (Lipinski definition) is 5. The van der Waals surface area contributed by atoms with Crippen LogP contribution in [0.3, 0.4) is 0 Å². The molecule has 2 aliphatic rings. The highest BCUT2D eigenvalue weighted by Gasteiger charge is 2.42. The second-order valence-electron chi connectivity index (χ2n) is 10.1. The molecule has 9 heteroatoms. The van der Waals surface area contributed by atoms with Crippen LogP contribution >= 0.6 is 12.2 Å². The van der Waals surface area contributed by atoms with Gasteiger partial charge in [0.05, 0.1) is 36.6 Å². The normalized spacial score (nSPS) is 19.1. The summed E-state index contributed by atoms with van der Waals surface area (Å²) in [6, 6.07) is 23.3. The molecule has 0 bridgehead atoms. The zero-order valence-electron chi connectivity index (χ0n) is 22.4. The Morgan fingerprint density at radius 3 is 2.42 bits per heavy atom. The number of nitrogens with zero attached hydrogens (tertiary/aromatic N) is 4. The van der Waals surface area contributed by atoms with Crippen LogP contribution in [0.15, 0.2) is 79.0 Å². The Labute approximate surface area is 238 Å². The minimum atomic E-state index is -0.947. The average Bonchev–Trinajstić information content (AvgIpc) is 3.48. The van der Waals surface area contributed by atoms with E-state index in [1.54, 1.807) is 24.4 Å². The smallest absolute Gasteiger partial charge is 0.335 e. The maximum Gasteiger partial charge on any atom is 0.335 e. The third-order valence-corrected chi connectivity index (χ3v) is 8.06. The quantitative estimate of drug-likeness (QED) is 0.315. The van der Waals surface area contributed by atoms with Gasteiger partial charge in [-0.25, -0.2) is 4.79 Å². The molecule has 2 atom stereocenters. The minimum Gasteiger partial charge on any atom is -0.478 e. The Morgan fingerprint density at radius 1 is 0.975 bits per heavy atom. The minimum absolute atomic E-state index is 0.167. The standard InChI is InChI=1S/C31H31N5O3S/c1-20-18-26(21(2)35(20)25-7-5-6-22(19-25)30(37)38)29-28(27-8-3-4-13-32-27)33-31(40)36(29)24-11-9-23(10-12-24)34-14-16-39-17-15-34/h3-13,18-19,28-29H,14-17H2,1-2H3,(H,33,40)(H,37,38). The van der Waals surface area contributed by atoms with E-state index < -0.39 is 5.97 Å². The van der Waals surface area contributed by atoms with Crippen molar-refractivity contribution in [2.45, 2.75) is 25.9 Å². The second kappa shape index (κ2) is 10.7. The zero-order chi connectivity index (χ0) is 27.8. The van der Waals surface area contributed by atoms with E-state index in [4.69, 9.17) is 17.0 Å². The molecule has 4 aromatic rings. The maximum atomic E-state index is 11.7. The topological polar surface area (TPSA) is 82.9 Å². The van der Waals surface area contributed by atoms with E-state index in [1.165, 1.54) is 5.69 Å². The number of morpholine rings is 1. The van der Waals surface area contributed by atoms with Crippen LogP contribution in [0.2, 0.25) is 0 Å². The highest BCUT2D eigenvalue weighted by Crippen LogP contribution is 2.44. The Balaban J connectivity index is 1.44. The third-order valence-electron chi connectivity index (χ3n) is 7.74. The number of aromatic nitrogens is 2. The lowest BCUT2D eigenvalue weighted by Gasteiger charge is -2.31. The number of pyridine rings is 1. The van der Waals surface area contributed by atoms with Crippen molar-refractivity contribution in [3.63, 3.8) is 0 Å². The van der Waals surface area contributed by atoms with Gasteiger partial charge in [0.25, 0.3) is 0 Å². The number of aryl methyl sites for hydroxylation is 1. The molecule has 0 radical (unpaired) electrons. The van der Waals surface area contributed by atoms with E-state index in [0.717, 1.165) is 60.3 Å². The molecule has 0 amide bonds. The van der Waals surface area contributed by atoms with Crippen LogP contribution in [0.5, 0.6) is 0 Å². The van der Waals surface area contributed by atoms with Gasteiger partial charge in [0.15, 0.2) is 5.11 Å². The molecule has 6 rings (SSSR count). The molecular weight excluding hydrogens is 522 g/mol. The number of carboxylic acid groups (broad SMARTS) is 1. The SMILES string of the molecule is Cc1cc(C2C(c3ccccn3)NC(=S)N2c2ccc(N3CCOCC3)cc2)c(C)n1-c1cccc(C(=O)O)c1. The van der Waals surface area contributed by atoms with Crippen molar-refractivity contribution in [1.82, 2.24) is 14.9 Å². The van der Waals surface area contributed by atoms with Gasteiger partial charge in [0.2, 0.25) is 0 Å². The molecule has 4 heterocycles. The molecule has 2 fully saturated rings. The van der Waals surface area contributed by atoms with Crippen LogP contribution < -0.4 is 15.1 Å². The van der Waals surface area contributed by atoms with Crippen molar-refractivity contribution in [3.05, 3.63) is 107 Å². The number of rotatable bonds is 6. The lowest BCUT2D eigenvalue weighted by molar-refractivity contribution is 0.0697. The summed E-state index contributed by atoms with van der Waals surface area (Å²) < 4.78 is 7.63. The first kappa shape index (κ1) is 26.0. The number of anilines is 2. The van der Waals surface area contributed by atoms with Crippen LogP contribution in [0.25, 0.3) is 5.69 Å². The first-order chi connectivity index (χ1) is 19.4. The molecule has 2 saturated heterocycles. The number of carboxylic acids is 1. The number of ether oxygens (including phenoxy) is 1. The summed E-state index contributed by atoms with van der Waals surface area (Å²) in [6.45, 7) is 7.35. The molecule has 0 spiro atoms. The van der Waals surface area contributed by atoms with Gasteiger partial charge in [-0.1, -0.05) is 12.1 Å². The Hall–Kier alpha value is -4.21. The lowest BCUT2D eigenvalue weighted by atomic mass is 9.96. The third kappa shape index (κ3) is 4.71. The maximum absolute atomic E-state index is 11.7. The number of carbonyl (C=O) groups is 1. The fraction of sp³-hybridized carbons (Fsp3) is 0.258. The van der Waals surface area contributed by atoms with Gasteiger partial charge in [0.1, 0.15) is 0 Å². The fourth-order valence-corrected chi connectivity index (χ4v) is 6.20. The van der Waals surface area contributed by atoms with Crippen molar-refractivity contribution in [3.8, 4) is 5.69 Å². The van der Waals surface area contributed by atoms with E-state index in [1.807, 2.05) is 31.2 Å². The molecule has 0 saturated carbocycles. The van der Waals surface area contributed by atoms with Crippen LogP contribution in [-0.4, -0.2) is 52.0 Å². The highest BCUT2D eigenvalue weighted by atomic mass is 32.1. The monoisotopic (exact) mass is 553 g/mol. The molecule has 2 aromatic carbocycles. The molecule has 40 heavy (non-hydrogen) atoms. The molecule has 0 aliphatic carbocycles. The van der Waals surface area contributed by atoms with E-state index in [-0.39, 0.29) is 17.6 Å². The highest BCUT2D eigenvalue weighted by molar-refractivity contribution is 7.80. The van der Waals surface area contributed by atoms with Crippen LogP contribution in [0, 0.1) is 13.8 Å². The van der Waals surface area contributed by atoms with Gasteiger partial charge in [-0.3, -0.25) is 4.98 Å². The molecule has 204 valence electrons. The number of thiocarbonyl (C=S) groups is 1. The molecule has 8 nitrogen and oxygen atoms in total. The van der Waals surface area contributed by atoms with Gasteiger partial charge in [-0.05, 0) is 92.3 Å². The van der Waals surface area contributed by atoms with Gasteiger partial charge < -0.3 is 29.5 Å². The molecular formula is C31H31N5O3S. The van der Waals surface area contributed by atoms with Crippen LogP contribution in [0.1, 0.15) is 45.1 Å². The van der Waals surface area contributed by atoms with Gasteiger partial charge in [-0.15, -0.1) is 0 Å². The average molecular weight is 554 g/mol. The Morgan fingerprint density at radius 2 is 1.73 bits per heavy atom. The zero-order valence-corrected chi connectivity index (χ0v) is 23.3. The van der Waals surface area contributed by atoms with Crippen molar-refractivity contribution >= 4 is 34.7 Å². The summed E-state index contributed by atoms with van der Waals surface area (Å²) in [6.07, 6.45) is 1.80. The molecule has 2 unspecified atom stereocenters. The van der Waals surface area contributed by atoms with Crippen molar-refractivity contribution in [1.29, 1.82) is 0 Å². The number of nitrogens with one attached hydrogen (secondary N) is 1. The Bertz CT molecular complexity index is 1550. The van der Waals surface area contributed by atoms with E-state index in [2.05, 4.69) is 61.9 Å². The summed E-state index contributed by atoms with van der Waals surface area (Å²) in [4.78, 5) is 20.9. The molecule has 2 aromatic heterocycles. The molecule has 2 N–H and O–H groups in total. The van der Waals surface area contributed by atoms with Gasteiger partial charge >= 0.3 is 5.97 Å². The lowest BCUT2D eigenvalue weighted by Crippen LogP contribution is -2.36. The largest absolute Gasteiger partial charge is 0.478 e. The van der Waals surface area contributed by atoms with Crippen molar-refractivity contribution in [2.75, 3.05) is 36.1 Å². The summed E-state index contributed by atoms with van der Waals surface area (Å²) in [7, 11) is 0. The summed E-state index contributed by atoms with van der Waals surface area (Å²) in [5.74, 6) is -0.947. The van der Waals surface area contributed by atoms with Gasteiger partial charge in [0, 0.05) is 47.7 Å². The predicted molar refractivity (Wildman–Crippen MR) is 160 cm³/mol. The number of benzene rings is 2.